The molecule has 0 spiro atoms. The number of halogens is 1. The molecule has 0 amide bonds. The second-order valence-electron chi connectivity index (χ2n) is 3.94. The van der Waals surface area contributed by atoms with Crippen molar-refractivity contribution < 1.29 is 17.5 Å². The first kappa shape index (κ1) is 15.0. The van der Waals surface area contributed by atoms with E-state index in [0.717, 1.165) is 18.5 Å². The number of sulfonamides is 1. The Labute approximate surface area is 121 Å². The Morgan fingerprint density at radius 2 is 1.90 bits per heavy atom. The lowest BCUT2D eigenvalue weighted by Crippen LogP contribution is -2.15. The third-order valence-electron chi connectivity index (χ3n) is 2.58. The molecular formula is C12H13FN4O3S. The molecule has 9 heteroatoms. The van der Waals surface area contributed by atoms with Gasteiger partial charge in [0.1, 0.15) is 16.5 Å². The van der Waals surface area contributed by atoms with Crippen LogP contribution in [0.1, 0.15) is 0 Å². The van der Waals surface area contributed by atoms with Crippen molar-refractivity contribution in [2.24, 2.45) is 0 Å². The van der Waals surface area contributed by atoms with Crippen LogP contribution in [-0.4, -0.2) is 32.5 Å². The molecule has 1 heterocycles. The van der Waals surface area contributed by atoms with Gasteiger partial charge in [0.15, 0.2) is 0 Å². The van der Waals surface area contributed by atoms with Crippen LogP contribution in [0.2, 0.25) is 0 Å². The molecule has 0 aliphatic rings. The Morgan fingerprint density at radius 1 is 1.24 bits per heavy atom. The molecule has 0 aliphatic heterocycles. The van der Waals surface area contributed by atoms with E-state index < -0.39 is 15.8 Å². The molecule has 0 saturated heterocycles. The van der Waals surface area contributed by atoms with Gasteiger partial charge in [0.25, 0.3) is 10.0 Å². The van der Waals surface area contributed by atoms with Gasteiger partial charge in [-0.05, 0) is 12.1 Å². The van der Waals surface area contributed by atoms with E-state index in [0.29, 0.717) is 5.75 Å². The number of methoxy groups -OCH3 is 1. The minimum absolute atomic E-state index is 0.177. The Bertz CT molecular complexity index is 735. The second-order valence-corrected chi connectivity index (χ2v) is 5.63. The van der Waals surface area contributed by atoms with Crippen molar-refractivity contribution in [3.05, 3.63) is 36.4 Å². The van der Waals surface area contributed by atoms with Crippen LogP contribution >= 0.6 is 0 Å². The van der Waals surface area contributed by atoms with Gasteiger partial charge in [0, 0.05) is 13.1 Å². The summed E-state index contributed by atoms with van der Waals surface area (Å²) in [6.07, 6.45) is 2.25. The van der Waals surface area contributed by atoms with E-state index in [1.807, 2.05) is 0 Å². The van der Waals surface area contributed by atoms with Crippen LogP contribution in [0.3, 0.4) is 0 Å². The van der Waals surface area contributed by atoms with Gasteiger partial charge in [-0.3, -0.25) is 4.72 Å². The maximum absolute atomic E-state index is 13.6. The lowest BCUT2D eigenvalue weighted by Gasteiger charge is -2.10. The number of anilines is 2. The molecule has 0 unspecified atom stereocenters. The van der Waals surface area contributed by atoms with Gasteiger partial charge in [-0.25, -0.2) is 22.8 Å². The highest BCUT2D eigenvalue weighted by Gasteiger charge is 2.18. The van der Waals surface area contributed by atoms with Crippen molar-refractivity contribution in [2.45, 2.75) is 4.90 Å². The van der Waals surface area contributed by atoms with Crippen LogP contribution in [0.4, 0.5) is 16.0 Å². The monoisotopic (exact) mass is 312 g/mol. The topological polar surface area (TPSA) is 93.2 Å². The van der Waals surface area contributed by atoms with Crippen LogP contribution in [0.25, 0.3) is 0 Å². The predicted octanol–water partition coefficient (Wildman–Crippen LogP) is 1.47. The molecule has 0 radical (unpaired) electrons. The van der Waals surface area contributed by atoms with Crippen molar-refractivity contribution in [3.8, 4) is 5.75 Å². The third kappa shape index (κ3) is 3.37. The average molecular weight is 312 g/mol. The van der Waals surface area contributed by atoms with Crippen molar-refractivity contribution >= 4 is 21.7 Å². The summed E-state index contributed by atoms with van der Waals surface area (Å²) in [6.45, 7) is 0. The molecule has 0 saturated carbocycles. The van der Waals surface area contributed by atoms with Gasteiger partial charge in [0.2, 0.25) is 5.95 Å². The van der Waals surface area contributed by atoms with E-state index in [4.69, 9.17) is 4.74 Å². The Morgan fingerprint density at radius 3 is 2.48 bits per heavy atom. The van der Waals surface area contributed by atoms with Crippen molar-refractivity contribution in [3.63, 3.8) is 0 Å². The van der Waals surface area contributed by atoms with Gasteiger partial charge in [0.05, 0.1) is 25.2 Å². The molecule has 2 rings (SSSR count). The van der Waals surface area contributed by atoms with E-state index in [1.54, 1.807) is 7.05 Å². The van der Waals surface area contributed by atoms with Gasteiger partial charge in [-0.1, -0.05) is 0 Å². The molecule has 1 aromatic heterocycles. The predicted molar refractivity (Wildman–Crippen MR) is 75.3 cm³/mol. The Hall–Kier alpha value is -2.42. The number of hydrogen-bond donors (Lipinski definition) is 2. The fourth-order valence-corrected chi connectivity index (χ4v) is 2.44. The molecule has 7 nitrogen and oxygen atoms in total. The highest BCUT2D eigenvalue weighted by atomic mass is 32.2. The van der Waals surface area contributed by atoms with E-state index in [9.17, 15) is 12.8 Å². The fraction of sp³-hybridized carbons (Fsp3) is 0.167. The standard InChI is InChI=1S/C12H13FN4O3S/c1-14-12-15-6-9(7-16-12)21(18,19)17-11-5-8(20-2)3-4-10(11)13/h3-7,17H,1-2H3,(H,14,15,16). The largest absolute Gasteiger partial charge is 0.497 e. The average Bonchev–Trinajstić information content (AvgIpc) is 2.49. The molecule has 0 fully saturated rings. The van der Waals surface area contributed by atoms with Crippen molar-refractivity contribution in [2.75, 3.05) is 24.2 Å². The molecular weight excluding hydrogens is 299 g/mol. The molecule has 0 bridgehead atoms. The van der Waals surface area contributed by atoms with Gasteiger partial charge < -0.3 is 10.1 Å². The summed E-state index contributed by atoms with van der Waals surface area (Å²) in [5.74, 6) is -0.107. The highest BCUT2D eigenvalue weighted by Crippen LogP contribution is 2.23. The Balaban J connectivity index is 2.32. The lowest BCUT2D eigenvalue weighted by molar-refractivity contribution is 0.414. The van der Waals surface area contributed by atoms with Crippen LogP contribution in [0, 0.1) is 5.82 Å². The summed E-state index contributed by atoms with van der Waals surface area (Å²) in [5.41, 5.74) is -0.216. The van der Waals surface area contributed by atoms with E-state index in [-0.39, 0.29) is 16.5 Å². The van der Waals surface area contributed by atoms with Crippen LogP contribution in [0.5, 0.6) is 5.75 Å². The highest BCUT2D eigenvalue weighted by molar-refractivity contribution is 7.92. The van der Waals surface area contributed by atoms with Crippen LogP contribution in [-0.2, 0) is 10.0 Å². The zero-order chi connectivity index (χ0) is 15.5. The number of hydrogen-bond acceptors (Lipinski definition) is 6. The normalized spacial score (nSPS) is 11.0. The summed E-state index contributed by atoms with van der Waals surface area (Å²) in [4.78, 5) is 7.43. The first-order valence-electron chi connectivity index (χ1n) is 5.82. The smallest absolute Gasteiger partial charge is 0.265 e. The zero-order valence-electron chi connectivity index (χ0n) is 11.3. The minimum Gasteiger partial charge on any atom is -0.497 e. The number of aromatic nitrogens is 2. The number of ether oxygens (including phenoxy) is 1. The quantitative estimate of drug-likeness (QED) is 0.868. The molecule has 21 heavy (non-hydrogen) atoms. The van der Waals surface area contributed by atoms with E-state index in [2.05, 4.69) is 20.0 Å². The van der Waals surface area contributed by atoms with Crippen LogP contribution in [0.15, 0.2) is 35.5 Å². The zero-order valence-corrected chi connectivity index (χ0v) is 12.1. The summed E-state index contributed by atoms with van der Waals surface area (Å²) in [7, 11) is -0.981. The number of benzene rings is 1. The minimum atomic E-state index is -3.98. The number of nitrogens with zero attached hydrogens (tertiary/aromatic N) is 2. The molecule has 0 atom stereocenters. The maximum Gasteiger partial charge on any atom is 0.265 e. The van der Waals surface area contributed by atoms with Gasteiger partial charge >= 0.3 is 0 Å². The number of rotatable bonds is 5. The van der Waals surface area contributed by atoms with Crippen molar-refractivity contribution in [1.82, 2.24) is 9.97 Å². The van der Waals surface area contributed by atoms with Gasteiger partial charge in [-0.15, -0.1) is 0 Å². The SMILES string of the molecule is CNc1ncc(S(=O)(=O)Nc2cc(OC)ccc2F)cn1. The first-order valence-corrected chi connectivity index (χ1v) is 7.31. The molecule has 2 N–H and O–H groups in total. The number of nitrogens with one attached hydrogen (secondary N) is 2. The van der Waals surface area contributed by atoms with Crippen molar-refractivity contribution in [1.29, 1.82) is 0 Å². The molecule has 2 aromatic rings. The third-order valence-corrected chi connectivity index (χ3v) is 3.90. The fourth-order valence-electron chi connectivity index (χ4n) is 1.50. The maximum atomic E-state index is 13.6. The van der Waals surface area contributed by atoms with E-state index in [1.165, 1.54) is 19.2 Å². The molecule has 112 valence electrons. The summed E-state index contributed by atoms with van der Waals surface area (Å²) < 4.78 is 45.0. The first-order chi connectivity index (χ1) is 9.96. The van der Waals surface area contributed by atoms with Gasteiger partial charge in [-0.2, -0.15) is 0 Å². The van der Waals surface area contributed by atoms with E-state index >= 15 is 0 Å². The van der Waals surface area contributed by atoms with Crippen LogP contribution < -0.4 is 14.8 Å². The molecule has 0 aliphatic carbocycles. The summed E-state index contributed by atoms with van der Waals surface area (Å²) >= 11 is 0. The Kier molecular flexibility index (Phi) is 4.22. The lowest BCUT2D eigenvalue weighted by atomic mass is 10.3. The summed E-state index contributed by atoms with van der Waals surface area (Å²) in [6, 6.07) is 3.74. The second kappa shape index (κ2) is 5.92. The molecule has 1 aromatic carbocycles. The summed E-state index contributed by atoms with van der Waals surface area (Å²) in [5, 5.41) is 2.67.